The SMILES string of the molecule is O=C(c1cc2ccc(F)cc2[nH]1)N1CCOC[C@H]1c1ccn[nH]1. The van der Waals surface area contributed by atoms with Gasteiger partial charge in [0.1, 0.15) is 11.5 Å². The van der Waals surface area contributed by atoms with Crippen molar-refractivity contribution in [1.29, 1.82) is 0 Å². The minimum Gasteiger partial charge on any atom is -0.377 e. The first-order valence-electron chi connectivity index (χ1n) is 7.38. The smallest absolute Gasteiger partial charge is 0.271 e. The number of aromatic amines is 2. The Hall–Kier alpha value is -2.67. The highest BCUT2D eigenvalue weighted by atomic mass is 19.1. The summed E-state index contributed by atoms with van der Waals surface area (Å²) in [4.78, 5) is 17.6. The molecule has 0 spiro atoms. The second-order valence-corrected chi connectivity index (χ2v) is 5.52. The number of carbonyl (C=O) groups is 1. The first-order valence-corrected chi connectivity index (χ1v) is 7.38. The highest BCUT2D eigenvalue weighted by molar-refractivity contribution is 5.98. The van der Waals surface area contributed by atoms with Gasteiger partial charge in [-0.1, -0.05) is 0 Å². The average Bonchev–Trinajstić information content (AvgIpc) is 3.23. The van der Waals surface area contributed by atoms with Gasteiger partial charge >= 0.3 is 0 Å². The van der Waals surface area contributed by atoms with Crippen molar-refractivity contribution in [2.45, 2.75) is 6.04 Å². The van der Waals surface area contributed by atoms with Crippen molar-refractivity contribution >= 4 is 16.8 Å². The van der Waals surface area contributed by atoms with Gasteiger partial charge in [0, 0.05) is 23.6 Å². The second-order valence-electron chi connectivity index (χ2n) is 5.52. The van der Waals surface area contributed by atoms with E-state index in [1.165, 1.54) is 12.1 Å². The van der Waals surface area contributed by atoms with Crippen LogP contribution in [-0.4, -0.2) is 45.7 Å². The molecule has 2 N–H and O–H groups in total. The first-order chi connectivity index (χ1) is 11.2. The van der Waals surface area contributed by atoms with Crippen molar-refractivity contribution in [3.8, 4) is 0 Å². The van der Waals surface area contributed by atoms with E-state index in [1.807, 2.05) is 6.07 Å². The summed E-state index contributed by atoms with van der Waals surface area (Å²) in [6.07, 6.45) is 1.65. The molecule has 0 radical (unpaired) electrons. The van der Waals surface area contributed by atoms with Gasteiger partial charge in [0.05, 0.1) is 24.9 Å². The highest BCUT2D eigenvalue weighted by Gasteiger charge is 2.31. The number of carbonyl (C=O) groups excluding carboxylic acids is 1. The lowest BCUT2D eigenvalue weighted by atomic mass is 10.1. The molecule has 7 heteroatoms. The molecule has 4 rings (SSSR count). The number of H-pyrrole nitrogens is 2. The maximum Gasteiger partial charge on any atom is 0.271 e. The minimum absolute atomic E-state index is 0.135. The summed E-state index contributed by atoms with van der Waals surface area (Å²) in [7, 11) is 0. The van der Waals surface area contributed by atoms with Crippen LogP contribution in [0.1, 0.15) is 22.2 Å². The third kappa shape index (κ3) is 2.49. The van der Waals surface area contributed by atoms with Gasteiger partial charge in [-0.25, -0.2) is 4.39 Å². The van der Waals surface area contributed by atoms with Crippen molar-refractivity contribution in [1.82, 2.24) is 20.1 Å². The zero-order valence-corrected chi connectivity index (χ0v) is 12.3. The molecular formula is C16H15FN4O2. The van der Waals surface area contributed by atoms with Crippen LogP contribution < -0.4 is 0 Å². The third-order valence-corrected chi connectivity index (χ3v) is 4.09. The molecule has 2 aromatic heterocycles. The number of ether oxygens (including phenoxy) is 1. The van der Waals surface area contributed by atoms with Crippen LogP contribution in [0.3, 0.4) is 0 Å². The van der Waals surface area contributed by atoms with Gasteiger partial charge in [0.15, 0.2) is 0 Å². The Bertz CT molecular complexity index is 843. The molecule has 3 heterocycles. The van der Waals surface area contributed by atoms with Crippen molar-refractivity contribution < 1.29 is 13.9 Å². The zero-order valence-electron chi connectivity index (χ0n) is 12.3. The molecule has 0 aliphatic carbocycles. The summed E-state index contributed by atoms with van der Waals surface area (Å²) in [6, 6.07) is 7.80. The molecule has 3 aromatic rings. The van der Waals surface area contributed by atoms with E-state index in [1.54, 1.807) is 23.2 Å². The van der Waals surface area contributed by atoms with Crippen molar-refractivity contribution in [2.75, 3.05) is 19.8 Å². The van der Waals surface area contributed by atoms with Gasteiger partial charge in [-0.3, -0.25) is 9.89 Å². The maximum absolute atomic E-state index is 13.3. The molecule has 1 atom stereocenters. The number of aromatic nitrogens is 3. The number of morpholine rings is 1. The molecule has 1 aliphatic rings. The Labute approximate surface area is 131 Å². The fourth-order valence-electron chi connectivity index (χ4n) is 2.93. The monoisotopic (exact) mass is 314 g/mol. The number of fused-ring (bicyclic) bond motifs is 1. The number of amides is 1. The number of benzene rings is 1. The van der Waals surface area contributed by atoms with Crippen molar-refractivity contribution in [3.05, 3.63) is 53.7 Å². The van der Waals surface area contributed by atoms with Crippen molar-refractivity contribution in [3.63, 3.8) is 0 Å². The van der Waals surface area contributed by atoms with Crippen LogP contribution in [0.5, 0.6) is 0 Å². The Morgan fingerprint density at radius 1 is 1.35 bits per heavy atom. The highest BCUT2D eigenvalue weighted by Crippen LogP contribution is 2.25. The lowest BCUT2D eigenvalue weighted by molar-refractivity contribution is -0.00416. The fourth-order valence-corrected chi connectivity index (χ4v) is 2.93. The molecular weight excluding hydrogens is 299 g/mol. The predicted octanol–water partition coefficient (Wildman–Crippen LogP) is 2.24. The number of nitrogens with zero attached hydrogens (tertiary/aromatic N) is 2. The minimum atomic E-state index is -0.333. The molecule has 1 amide bonds. The topological polar surface area (TPSA) is 74.0 Å². The Morgan fingerprint density at radius 2 is 2.26 bits per heavy atom. The van der Waals surface area contributed by atoms with Gasteiger partial charge in [0.25, 0.3) is 5.91 Å². The molecule has 118 valence electrons. The standard InChI is InChI=1S/C16H15FN4O2/c17-11-2-1-10-7-14(19-13(10)8-11)16(22)21-5-6-23-9-15(21)12-3-4-18-20-12/h1-4,7-8,15,19H,5-6,9H2,(H,18,20)/t15-/m0/s1. The Morgan fingerprint density at radius 3 is 3.09 bits per heavy atom. The van der Waals surface area contributed by atoms with Crippen molar-refractivity contribution in [2.24, 2.45) is 0 Å². The van der Waals surface area contributed by atoms with E-state index in [0.29, 0.717) is 31.0 Å². The summed E-state index contributed by atoms with van der Waals surface area (Å²) >= 11 is 0. The first kappa shape index (κ1) is 14.0. The normalized spacial score (nSPS) is 18.5. The molecule has 1 fully saturated rings. The van der Waals surface area contributed by atoms with Gasteiger partial charge < -0.3 is 14.6 Å². The molecule has 0 saturated carbocycles. The molecule has 0 unspecified atom stereocenters. The Balaban J connectivity index is 1.67. The van der Waals surface area contributed by atoms with Crippen LogP contribution in [0.4, 0.5) is 4.39 Å². The third-order valence-electron chi connectivity index (χ3n) is 4.09. The largest absolute Gasteiger partial charge is 0.377 e. The number of nitrogens with one attached hydrogen (secondary N) is 2. The molecule has 1 saturated heterocycles. The molecule has 1 aromatic carbocycles. The molecule has 0 bridgehead atoms. The van der Waals surface area contributed by atoms with Crippen LogP contribution >= 0.6 is 0 Å². The van der Waals surface area contributed by atoms with Gasteiger partial charge in [-0.15, -0.1) is 0 Å². The van der Waals surface area contributed by atoms with E-state index in [9.17, 15) is 9.18 Å². The molecule has 23 heavy (non-hydrogen) atoms. The number of halogens is 1. The average molecular weight is 314 g/mol. The maximum atomic E-state index is 13.3. The van der Waals surface area contributed by atoms with E-state index < -0.39 is 0 Å². The fraction of sp³-hybridized carbons (Fsp3) is 0.250. The lowest BCUT2D eigenvalue weighted by Crippen LogP contribution is -2.43. The Kier molecular flexibility index (Phi) is 3.34. The van der Waals surface area contributed by atoms with E-state index in [2.05, 4.69) is 15.2 Å². The van der Waals surface area contributed by atoms with Gasteiger partial charge in [0.2, 0.25) is 0 Å². The number of rotatable bonds is 2. The molecule has 1 aliphatic heterocycles. The zero-order chi connectivity index (χ0) is 15.8. The van der Waals surface area contributed by atoms with Crippen LogP contribution in [0.25, 0.3) is 10.9 Å². The predicted molar refractivity (Wildman–Crippen MR) is 81.4 cm³/mol. The van der Waals surface area contributed by atoms with E-state index in [0.717, 1.165) is 11.1 Å². The van der Waals surface area contributed by atoms with Crippen LogP contribution in [0, 0.1) is 5.82 Å². The second kappa shape index (κ2) is 5.51. The van der Waals surface area contributed by atoms with Crippen LogP contribution in [0.2, 0.25) is 0 Å². The van der Waals surface area contributed by atoms with Crippen LogP contribution in [-0.2, 0) is 4.74 Å². The van der Waals surface area contributed by atoms with E-state index >= 15 is 0 Å². The summed E-state index contributed by atoms with van der Waals surface area (Å²) in [5.41, 5.74) is 1.89. The lowest BCUT2D eigenvalue weighted by Gasteiger charge is -2.34. The van der Waals surface area contributed by atoms with Crippen LogP contribution in [0.15, 0.2) is 36.5 Å². The summed E-state index contributed by atoms with van der Waals surface area (Å²) in [5, 5.41) is 7.64. The van der Waals surface area contributed by atoms with Gasteiger partial charge in [-0.2, -0.15) is 5.10 Å². The summed E-state index contributed by atoms with van der Waals surface area (Å²) in [5.74, 6) is -0.468. The van der Waals surface area contributed by atoms with E-state index in [4.69, 9.17) is 4.74 Å². The van der Waals surface area contributed by atoms with Gasteiger partial charge in [-0.05, 0) is 30.3 Å². The molecule has 6 nitrogen and oxygen atoms in total. The van der Waals surface area contributed by atoms with E-state index in [-0.39, 0.29) is 17.8 Å². The quantitative estimate of drug-likeness (QED) is 0.762. The number of hydrogen-bond acceptors (Lipinski definition) is 3. The summed E-state index contributed by atoms with van der Waals surface area (Å²) in [6.45, 7) is 1.40. The summed E-state index contributed by atoms with van der Waals surface area (Å²) < 4.78 is 18.8. The number of hydrogen-bond donors (Lipinski definition) is 2.